The van der Waals surface area contributed by atoms with Gasteiger partial charge in [0.2, 0.25) is 5.82 Å². The summed E-state index contributed by atoms with van der Waals surface area (Å²) < 4.78 is 71.5. The summed E-state index contributed by atoms with van der Waals surface area (Å²) in [5.41, 5.74) is -0.969. The lowest BCUT2D eigenvalue weighted by atomic mass is 10.0. The Hall–Kier alpha value is -1.37. The van der Waals surface area contributed by atoms with Gasteiger partial charge in [0, 0.05) is 12.6 Å². The summed E-state index contributed by atoms with van der Waals surface area (Å²) in [7, 11) is 0. The fraction of sp³-hybridized carbons (Fsp3) is 0.538. The molecule has 20 heavy (non-hydrogen) atoms. The third kappa shape index (κ3) is 2.72. The maximum Gasteiger partial charge on any atom is 0.200 e. The topological polar surface area (TPSA) is 21.3 Å². The largest absolute Gasteiger partial charge is 0.378 e. The van der Waals surface area contributed by atoms with Gasteiger partial charge in [-0.05, 0) is 19.3 Å². The Labute approximate surface area is 112 Å². The lowest BCUT2D eigenvalue weighted by Gasteiger charge is -2.30. The fourth-order valence-corrected chi connectivity index (χ4v) is 2.23. The highest BCUT2D eigenvalue weighted by Crippen LogP contribution is 2.29. The molecule has 1 aromatic carbocycles. The van der Waals surface area contributed by atoms with E-state index in [9.17, 15) is 22.0 Å². The van der Waals surface area contributed by atoms with Crippen molar-refractivity contribution in [3.8, 4) is 0 Å². The van der Waals surface area contributed by atoms with Crippen LogP contribution in [0.3, 0.4) is 0 Å². The van der Waals surface area contributed by atoms with Crippen molar-refractivity contribution in [2.24, 2.45) is 0 Å². The molecular formula is C13H14F5NO. The van der Waals surface area contributed by atoms with Crippen LogP contribution in [-0.4, -0.2) is 18.8 Å². The summed E-state index contributed by atoms with van der Waals surface area (Å²) in [6.07, 6.45) is 1.53. The molecular weight excluding hydrogens is 281 g/mol. The maximum absolute atomic E-state index is 13.5. The molecule has 0 aromatic heterocycles. The van der Waals surface area contributed by atoms with Gasteiger partial charge in [-0.1, -0.05) is 6.92 Å². The molecule has 2 rings (SSSR count). The van der Waals surface area contributed by atoms with Crippen molar-refractivity contribution < 1.29 is 26.7 Å². The number of hydrogen-bond donors (Lipinski definition) is 1. The van der Waals surface area contributed by atoms with E-state index >= 15 is 0 Å². The Bertz CT molecular complexity index is 479. The molecule has 0 spiro atoms. The van der Waals surface area contributed by atoms with Crippen molar-refractivity contribution in [2.75, 3.05) is 11.9 Å². The van der Waals surface area contributed by atoms with Crippen molar-refractivity contribution in [2.45, 2.75) is 38.3 Å². The van der Waals surface area contributed by atoms with Crippen molar-refractivity contribution in [1.29, 1.82) is 0 Å². The first-order chi connectivity index (χ1) is 9.45. The molecule has 0 aliphatic carbocycles. The molecule has 1 fully saturated rings. The molecule has 1 aliphatic rings. The zero-order valence-corrected chi connectivity index (χ0v) is 10.8. The van der Waals surface area contributed by atoms with E-state index in [4.69, 9.17) is 4.74 Å². The second-order valence-corrected chi connectivity index (χ2v) is 4.71. The van der Waals surface area contributed by atoms with Gasteiger partial charge >= 0.3 is 0 Å². The molecule has 0 saturated carbocycles. The molecule has 7 heteroatoms. The number of rotatable bonds is 3. The average Bonchev–Trinajstić information content (AvgIpc) is 2.48. The molecule has 112 valence electrons. The van der Waals surface area contributed by atoms with E-state index in [0.29, 0.717) is 19.4 Å². The molecule has 2 unspecified atom stereocenters. The van der Waals surface area contributed by atoms with Gasteiger partial charge < -0.3 is 10.1 Å². The normalized spacial score (nSPS) is 22.9. The van der Waals surface area contributed by atoms with Crippen molar-refractivity contribution in [1.82, 2.24) is 0 Å². The quantitative estimate of drug-likeness (QED) is 0.521. The van der Waals surface area contributed by atoms with E-state index in [1.807, 2.05) is 6.92 Å². The van der Waals surface area contributed by atoms with E-state index in [-0.39, 0.29) is 12.1 Å². The number of ether oxygens (including phenoxy) is 1. The van der Waals surface area contributed by atoms with Gasteiger partial charge in [-0.2, -0.15) is 0 Å². The minimum Gasteiger partial charge on any atom is -0.378 e. The number of hydrogen-bond acceptors (Lipinski definition) is 2. The molecule has 0 bridgehead atoms. The van der Waals surface area contributed by atoms with Crippen LogP contribution in [0.15, 0.2) is 0 Å². The van der Waals surface area contributed by atoms with Gasteiger partial charge in [0.1, 0.15) is 5.69 Å². The summed E-state index contributed by atoms with van der Waals surface area (Å²) in [6, 6.07) is -0.387. The van der Waals surface area contributed by atoms with Crippen LogP contribution in [0.25, 0.3) is 0 Å². The smallest absolute Gasteiger partial charge is 0.200 e. The SMILES string of the molecule is CCC1CC(Nc2c(F)c(F)c(F)c(F)c2F)CCO1. The first kappa shape index (κ1) is 15.0. The fourth-order valence-electron chi connectivity index (χ4n) is 2.23. The van der Waals surface area contributed by atoms with Gasteiger partial charge in [-0.3, -0.25) is 0 Å². The first-order valence-corrected chi connectivity index (χ1v) is 6.35. The second kappa shape index (κ2) is 5.95. The molecule has 0 radical (unpaired) electrons. The van der Waals surface area contributed by atoms with Crippen molar-refractivity contribution in [3.05, 3.63) is 29.1 Å². The zero-order chi connectivity index (χ0) is 14.9. The van der Waals surface area contributed by atoms with Crippen molar-refractivity contribution >= 4 is 5.69 Å². The monoisotopic (exact) mass is 295 g/mol. The van der Waals surface area contributed by atoms with E-state index in [1.165, 1.54) is 0 Å². The zero-order valence-electron chi connectivity index (χ0n) is 10.8. The van der Waals surface area contributed by atoms with Gasteiger partial charge in [-0.25, -0.2) is 22.0 Å². The van der Waals surface area contributed by atoms with Crippen LogP contribution < -0.4 is 5.32 Å². The Morgan fingerprint density at radius 1 is 1.00 bits per heavy atom. The Balaban J connectivity index is 2.25. The predicted molar refractivity (Wildman–Crippen MR) is 62.9 cm³/mol. The molecule has 1 saturated heterocycles. The molecule has 2 nitrogen and oxygen atoms in total. The van der Waals surface area contributed by atoms with Crippen molar-refractivity contribution in [3.63, 3.8) is 0 Å². The summed E-state index contributed by atoms with van der Waals surface area (Å²) in [5, 5.41) is 2.41. The third-order valence-corrected chi connectivity index (χ3v) is 3.38. The highest BCUT2D eigenvalue weighted by Gasteiger charge is 2.29. The van der Waals surface area contributed by atoms with E-state index in [2.05, 4.69) is 5.32 Å². The highest BCUT2D eigenvalue weighted by atomic mass is 19.2. The van der Waals surface area contributed by atoms with Crippen LogP contribution in [0.1, 0.15) is 26.2 Å². The third-order valence-electron chi connectivity index (χ3n) is 3.38. The minimum absolute atomic E-state index is 0.0810. The molecule has 2 atom stereocenters. The molecule has 1 aliphatic heterocycles. The lowest BCUT2D eigenvalue weighted by molar-refractivity contribution is 0.00914. The van der Waals surface area contributed by atoms with E-state index < -0.39 is 34.8 Å². The van der Waals surface area contributed by atoms with Gasteiger partial charge in [0.25, 0.3) is 0 Å². The predicted octanol–water partition coefficient (Wildman–Crippen LogP) is 3.75. The molecule has 0 amide bonds. The molecule has 1 heterocycles. The molecule has 1 N–H and O–H groups in total. The average molecular weight is 295 g/mol. The van der Waals surface area contributed by atoms with E-state index in [1.54, 1.807) is 0 Å². The van der Waals surface area contributed by atoms with E-state index in [0.717, 1.165) is 6.42 Å². The summed E-state index contributed by atoms with van der Waals surface area (Å²) in [5.74, 6) is -9.69. The number of benzene rings is 1. The lowest BCUT2D eigenvalue weighted by Crippen LogP contribution is -2.34. The van der Waals surface area contributed by atoms with Crippen LogP contribution >= 0.6 is 0 Å². The standard InChI is InChI=1S/C13H14F5NO/c1-2-7-5-6(3-4-20-7)19-13-11(17)9(15)8(14)10(16)12(13)18/h6-7,19H,2-5H2,1H3. The summed E-state index contributed by atoms with van der Waals surface area (Å²) in [4.78, 5) is 0. The number of nitrogens with one attached hydrogen (secondary N) is 1. The first-order valence-electron chi connectivity index (χ1n) is 6.35. The Kier molecular flexibility index (Phi) is 4.47. The summed E-state index contributed by atoms with van der Waals surface area (Å²) in [6.45, 7) is 2.27. The van der Waals surface area contributed by atoms with Gasteiger partial charge in [-0.15, -0.1) is 0 Å². The van der Waals surface area contributed by atoms with Crippen LogP contribution in [0.4, 0.5) is 27.6 Å². The number of halogens is 5. The van der Waals surface area contributed by atoms with Crippen LogP contribution in [0.5, 0.6) is 0 Å². The Morgan fingerprint density at radius 3 is 2.10 bits per heavy atom. The van der Waals surface area contributed by atoms with Crippen LogP contribution in [0.2, 0.25) is 0 Å². The summed E-state index contributed by atoms with van der Waals surface area (Å²) >= 11 is 0. The minimum atomic E-state index is -2.15. The number of anilines is 1. The van der Waals surface area contributed by atoms with Gasteiger partial charge in [0.15, 0.2) is 23.3 Å². The van der Waals surface area contributed by atoms with Crippen LogP contribution in [-0.2, 0) is 4.74 Å². The maximum atomic E-state index is 13.5. The highest BCUT2D eigenvalue weighted by molar-refractivity contribution is 5.48. The van der Waals surface area contributed by atoms with Gasteiger partial charge in [0.05, 0.1) is 6.10 Å². The van der Waals surface area contributed by atoms with Crippen LogP contribution in [0, 0.1) is 29.1 Å². The second-order valence-electron chi connectivity index (χ2n) is 4.71. The Morgan fingerprint density at radius 2 is 1.55 bits per heavy atom. The molecule has 1 aromatic rings.